The summed E-state index contributed by atoms with van der Waals surface area (Å²) in [4.78, 5) is 5.98. The fourth-order valence-corrected chi connectivity index (χ4v) is 3.08. The number of rotatable bonds is 8. The molecule has 0 saturated carbocycles. The molecular formula is C16H24N2O2S. The van der Waals surface area contributed by atoms with Crippen LogP contribution in [0, 0.1) is 6.92 Å². The maximum atomic E-state index is 9.09. The van der Waals surface area contributed by atoms with Gasteiger partial charge in [0.1, 0.15) is 18.1 Å². The van der Waals surface area contributed by atoms with Crippen LogP contribution in [0.15, 0.2) is 28.0 Å². The first-order valence-corrected chi connectivity index (χ1v) is 8.05. The molecule has 116 valence electrons. The van der Waals surface area contributed by atoms with Crippen molar-refractivity contribution in [3.05, 3.63) is 45.5 Å². The topological polar surface area (TPSA) is 39.9 Å². The largest absolute Gasteiger partial charge is 0.462 e. The first kappa shape index (κ1) is 16.2. The highest BCUT2D eigenvalue weighted by Crippen LogP contribution is 2.19. The lowest BCUT2D eigenvalue weighted by atomic mass is 10.2. The summed E-state index contributed by atoms with van der Waals surface area (Å²) in [5.74, 6) is 1.54. The highest BCUT2D eigenvalue weighted by Gasteiger charge is 2.12. The standard InChI is InChI=1S/C16H24N2O2S/c1-13-6-9-21-16(13)11-18(8-7-17(2)3)10-14-4-5-15(12-19)20-14/h4-6,9,19H,7-8,10-12H2,1-3H3. The van der Waals surface area contributed by atoms with Crippen LogP contribution in [0.3, 0.4) is 0 Å². The Kier molecular flexibility index (Phi) is 5.99. The summed E-state index contributed by atoms with van der Waals surface area (Å²) in [6.07, 6.45) is 0. The van der Waals surface area contributed by atoms with Crippen LogP contribution in [-0.4, -0.2) is 42.1 Å². The Hall–Kier alpha value is -1.14. The molecule has 0 aromatic carbocycles. The average molecular weight is 308 g/mol. The fraction of sp³-hybridized carbons (Fsp3) is 0.500. The molecule has 0 aliphatic carbocycles. The van der Waals surface area contributed by atoms with Crippen LogP contribution < -0.4 is 0 Å². The zero-order valence-electron chi connectivity index (χ0n) is 13.0. The molecule has 0 radical (unpaired) electrons. The summed E-state index contributed by atoms with van der Waals surface area (Å²) in [5.41, 5.74) is 1.35. The summed E-state index contributed by atoms with van der Waals surface area (Å²) in [6.45, 7) is 5.82. The molecule has 5 heteroatoms. The molecule has 0 fully saturated rings. The monoisotopic (exact) mass is 308 g/mol. The van der Waals surface area contributed by atoms with Gasteiger partial charge in [-0.2, -0.15) is 0 Å². The zero-order chi connectivity index (χ0) is 15.2. The Bertz CT molecular complexity index is 548. The summed E-state index contributed by atoms with van der Waals surface area (Å²) in [7, 11) is 4.18. The smallest absolute Gasteiger partial charge is 0.129 e. The molecule has 0 unspecified atom stereocenters. The van der Waals surface area contributed by atoms with Crippen molar-refractivity contribution in [1.82, 2.24) is 9.80 Å². The van der Waals surface area contributed by atoms with Crippen LogP contribution in [0.25, 0.3) is 0 Å². The number of likely N-dealkylation sites (N-methyl/N-ethyl adjacent to an activating group) is 1. The van der Waals surface area contributed by atoms with Crippen molar-refractivity contribution in [3.8, 4) is 0 Å². The fourth-order valence-electron chi connectivity index (χ4n) is 2.14. The molecule has 2 rings (SSSR count). The summed E-state index contributed by atoms with van der Waals surface area (Å²) in [5, 5.41) is 11.2. The number of nitrogens with zero attached hydrogens (tertiary/aromatic N) is 2. The second kappa shape index (κ2) is 7.75. The van der Waals surface area contributed by atoms with E-state index >= 15 is 0 Å². The van der Waals surface area contributed by atoms with Crippen molar-refractivity contribution >= 4 is 11.3 Å². The van der Waals surface area contributed by atoms with E-state index in [1.807, 2.05) is 12.1 Å². The van der Waals surface area contributed by atoms with Crippen LogP contribution in [0.4, 0.5) is 0 Å². The number of aryl methyl sites for hydroxylation is 1. The van der Waals surface area contributed by atoms with E-state index in [9.17, 15) is 0 Å². The third-order valence-corrected chi connectivity index (χ3v) is 4.46. The molecule has 0 amide bonds. The summed E-state index contributed by atoms with van der Waals surface area (Å²) in [6, 6.07) is 5.96. The Labute approximate surface area is 130 Å². The molecule has 2 heterocycles. The molecule has 0 bridgehead atoms. The van der Waals surface area contributed by atoms with E-state index in [1.54, 1.807) is 11.3 Å². The Morgan fingerprint density at radius 1 is 1.10 bits per heavy atom. The Morgan fingerprint density at radius 3 is 2.43 bits per heavy atom. The predicted octanol–water partition coefficient (Wildman–Crippen LogP) is 2.71. The lowest BCUT2D eigenvalue weighted by Gasteiger charge is -2.23. The predicted molar refractivity (Wildman–Crippen MR) is 86.4 cm³/mol. The minimum atomic E-state index is -0.0399. The first-order valence-electron chi connectivity index (χ1n) is 7.17. The van der Waals surface area contributed by atoms with Crippen molar-refractivity contribution in [2.24, 2.45) is 0 Å². The van der Waals surface area contributed by atoms with Crippen molar-refractivity contribution in [1.29, 1.82) is 0 Å². The van der Waals surface area contributed by atoms with Gasteiger partial charge in [0.2, 0.25) is 0 Å². The quantitative estimate of drug-likeness (QED) is 0.814. The third-order valence-electron chi connectivity index (χ3n) is 3.45. The molecule has 4 nitrogen and oxygen atoms in total. The van der Waals surface area contributed by atoms with Crippen LogP contribution in [0.1, 0.15) is 22.0 Å². The molecule has 0 aliphatic heterocycles. The van der Waals surface area contributed by atoms with E-state index in [0.29, 0.717) is 5.76 Å². The van der Waals surface area contributed by atoms with E-state index in [4.69, 9.17) is 9.52 Å². The number of hydrogen-bond donors (Lipinski definition) is 1. The van der Waals surface area contributed by atoms with Gasteiger partial charge >= 0.3 is 0 Å². The van der Waals surface area contributed by atoms with Gasteiger partial charge in [-0.25, -0.2) is 0 Å². The lowest BCUT2D eigenvalue weighted by Crippen LogP contribution is -2.30. The van der Waals surface area contributed by atoms with Crippen LogP contribution in [0.2, 0.25) is 0 Å². The average Bonchev–Trinajstić information content (AvgIpc) is 3.06. The summed E-state index contributed by atoms with van der Waals surface area (Å²) < 4.78 is 5.62. The first-order chi connectivity index (χ1) is 10.1. The van der Waals surface area contributed by atoms with Gasteiger partial charge < -0.3 is 14.4 Å². The highest BCUT2D eigenvalue weighted by atomic mass is 32.1. The van der Waals surface area contributed by atoms with E-state index in [2.05, 4.69) is 42.3 Å². The van der Waals surface area contributed by atoms with E-state index in [-0.39, 0.29) is 6.61 Å². The molecule has 0 spiro atoms. The van der Waals surface area contributed by atoms with Crippen molar-refractivity contribution in [2.45, 2.75) is 26.6 Å². The van der Waals surface area contributed by atoms with Crippen molar-refractivity contribution in [3.63, 3.8) is 0 Å². The molecule has 21 heavy (non-hydrogen) atoms. The maximum absolute atomic E-state index is 9.09. The SMILES string of the molecule is Cc1ccsc1CN(CCN(C)C)Cc1ccc(CO)o1. The second-order valence-corrected chi connectivity index (χ2v) is 6.57. The molecular weight excluding hydrogens is 284 g/mol. The zero-order valence-corrected chi connectivity index (χ0v) is 13.8. The van der Waals surface area contributed by atoms with Gasteiger partial charge in [0.25, 0.3) is 0 Å². The van der Waals surface area contributed by atoms with Crippen molar-refractivity contribution in [2.75, 3.05) is 27.2 Å². The second-order valence-electron chi connectivity index (χ2n) is 5.57. The van der Waals surface area contributed by atoms with Gasteiger partial charge in [-0.1, -0.05) is 0 Å². The third kappa shape index (κ3) is 4.97. The Morgan fingerprint density at radius 2 is 1.86 bits per heavy atom. The minimum Gasteiger partial charge on any atom is -0.462 e. The normalized spacial score (nSPS) is 11.7. The number of furan rings is 1. The molecule has 0 atom stereocenters. The number of hydrogen-bond acceptors (Lipinski definition) is 5. The van der Waals surface area contributed by atoms with Gasteiger partial charge in [-0.05, 0) is 50.2 Å². The van der Waals surface area contributed by atoms with Crippen LogP contribution in [-0.2, 0) is 19.7 Å². The Balaban J connectivity index is 2.02. The van der Waals surface area contributed by atoms with Crippen LogP contribution in [0.5, 0.6) is 0 Å². The summed E-state index contributed by atoms with van der Waals surface area (Å²) >= 11 is 1.81. The number of aliphatic hydroxyl groups is 1. The molecule has 2 aromatic rings. The highest BCUT2D eigenvalue weighted by molar-refractivity contribution is 7.10. The molecule has 0 saturated heterocycles. The number of thiophene rings is 1. The molecule has 0 aliphatic rings. The van der Waals surface area contributed by atoms with Gasteiger partial charge in [-0.3, -0.25) is 4.90 Å². The molecule has 2 aromatic heterocycles. The van der Waals surface area contributed by atoms with Gasteiger partial charge in [-0.15, -0.1) is 11.3 Å². The van der Waals surface area contributed by atoms with Gasteiger partial charge in [0.15, 0.2) is 0 Å². The van der Waals surface area contributed by atoms with Crippen LogP contribution >= 0.6 is 11.3 Å². The van der Waals surface area contributed by atoms with E-state index in [1.165, 1.54) is 10.4 Å². The number of aliphatic hydroxyl groups excluding tert-OH is 1. The van der Waals surface area contributed by atoms with E-state index < -0.39 is 0 Å². The van der Waals surface area contributed by atoms with E-state index in [0.717, 1.165) is 31.9 Å². The molecule has 1 N–H and O–H groups in total. The van der Waals surface area contributed by atoms with Gasteiger partial charge in [0, 0.05) is 24.5 Å². The maximum Gasteiger partial charge on any atom is 0.129 e. The van der Waals surface area contributed by atoms with Gasteiger partial charge in [0.05, 0.1) is 6.54 Å². The minimum absolute atomic E-state index is 0.0399. The van der Waals surface area contributed by atoms with Crippen molar-refractivity contribution < 1.29 is 9.52 Å². The lowest BCUT2D eigenvalue weighted by molar-refractivity contribution is 0.200.